The Morgan fingerprint density at radius 3 is 2.08 bits per heavy atom. The Labute approximate surface area is 74.5 Å². The number of hydrogen-bond acceptors (Lipinski definition) is 5. The van der Waals surface area contributed by atoms with E-state index in [-0.39, 0.29) is 0 Å². The molecule has 67 valence electrons. The number of hydrogen-bond donors (Lipinski definition) is 2. The van der Waals surface area contributed by atoms with Crippen LogP contribution >= 0.6 is 0 Å². The molecular weight excluding hydrogens is 211 g/mol. The summed E-state index contributed by atoms with van der Waals surface area (Å²) in [5.74, 6) is -1.63. The van der Waals surface area contributed by atoms with Crippen molar-refractivity contribution >= 4 is 17.8 Å². The number of rotatable bonds is 1. The van der Waals surface area contributed by atoms with Crippen LogP contribution in [0.15, 0.2) is 9.31 Å². The SMILES string of the molecule is O=C1NC(=O)C(N=[N][Ni])C(=O)N1. The number of carbonyl (C=O) groups is 3. The molecule has 1 aliphatic rings. The first-order valence-corrected chi connectivity index (χ1v) is 3.23. The summed E-state index contributed by atoms with van der Waals surface area (Å²) in [6, 6.07) is -2.19. The van der Waals surface area contributed by atoms with Gasteiger partial charge in [0.05, 0.1) is 0 Å². The average molecular weight is 214 g/mol. The summed E-state index contributed by atoms with van der Waals surface area (Å²) < 4.78 is 2.90. The van der Waals surface area contributed by atoms with E-state index < -0.39 is 23.9 Å². The minimum atomic E-state index is -1.34. The summed E-state index contributed by atoms with van der Waals surface area (Å²) in [6.45, 7) is 0. The zero-order valence-corrected chi connectivity index (χ0v) is 6.50. The molecule has 1 saturated heterocycles. The van der Waals surface area contributed by atoms with Crippen LogP contribution in [0.4, 0.5) is 4.79 Å². The fourth-order valence-corrected chi connectivity index (χ4v) is 0.766. The minimum absolute atomic E-state index is 0.815. The Kier molecular flexibility index (Phi) is 2.49. The Hall–Kier alpha value is -1.30. The van der Waals surface area contributed by atoms with Crippen LogP contribution in [0.1, 0.15) is 0 Å². The molecular formula is C4H3N4NiO3. The molecule has 0 aliphatic carbocycles. The molecule has 0 atom stereocenters. The third-order valence-corrected chi connectivity index (χ3v) is 1.24. The predicted octanol–water partition coefficient (Wildman–Crippen LogP) is -1.37. The predicted molar refractivity (Wildman–Crippen MR) is 30.3 cm³/mol. The zero-order chi connectivity index (χ0) is 9.14. The van der Waals surface area contributed by atoms with E-state index >= 15 is 0 Å². The van der Waals surface area contributed by atoms with Gasteiger partial charge in [0, 0.05) is 0 Å². The molecule has 1 fully saturated rings. The maximum atomic E-state index is 10.8. The second kappa shape index (κ2) is 3.40. The Balaban J connectivity index is 2.80. The van der Waals surface area contributed by atoms with Gasteiger partial charge >= 0.3 is 73.9 Å². The molecule has 0 radical (unpaired) electrons. The molecule has 8 heteroatoms. The summed E-state index contributed by atoms with van der Waals surface area (Å²) in [7, 11) is 0. The summed E-state index contributed by atoms with van der Waals surface area (Å²) in [5, 5.41) is 6.84. The molecule has 1 rings (SSSR count). The van der Waals surface area contributed by atoms with E-state index in [0.717, 1.165) is 0 Å². The molecule has 4 amide bonds. The summed E-state index contributed by atoms with van der Waals surface area (Å²) in [5.41, 5.74) is 0. The van der Waals surface area contributed by atoms with E-state index in [0.29, 0.717) is 0 Å². The van der Waals surface area contributed by atoms with Gasteiger partial charge in [0.2, 0.25) is 0 Å². The van der Waals surface area contributed by atoms with Gasteiger partial charge < -0.3 is 0 Å². The van der Waals surface area contributed by atoms with Gasteiger partial charge in [-0.3, -0.25) is 0 Å². The molecule has 1 heterocycles. The van der Waals surface area contributed by atoms with Gasteiger partial charge in [-0.1, -0.05) is 0 Å². The normalized spacial score (nSPS) is 19.7. The van der Waals surface area contributed by atoms with Crippen LogP contribution in [-0.2, 0) is 25.3 Å². The fraction of sp³-hybridized carbons (Fsp3) is 0.250. The Bertz CT molecular complexity index is 255. The number of amides is 4. The molecule has 0 bridgehead atoms. The van der Waals surface area contributed by atoms with Crippen LogP contribution in [-0.4, -0.2) is 23.9 Å². The van der Waals surface area contributed by atoms with Gasteiger partial charge in [-0.2, -0.15) is 0 Å². The van der Waals surface area contributed by atoms with E-state index in [9.17, 15) is 14.4 Å². The molecule has 1 aliphatic heterocycles. The van der Waals surface area contributed by atoms with E-state index in [1.807, 2.05) is 10.6 Å². The van der Waals surface area contributed by atoms with Gasteiger partial charge in [-0.25, -0.2) is 0 Å². The monoisotopic (exact) mass is 213 g/mol. The second-order valence-corrected chi connectivity index (χ2v) is 2.09. The van der Waals surface area contributed by atoms with Gasteiger partial charge in [0.25, 0.3) is 0 Å². The van der Waals surface area contributed by atoms with Crippen molar-refractivity contribution in [2.45, 2.75) is 6.04 Å². The van der Waals surface area contributed by atoms with E-state index in [2.05, 4.69) is 25.0 Å². The van der Waals surface area contributed by atoms with E-state index in [1.54, 1.807) is 0 Å². The first kappa shape index (κ1) is 8.80. The maximum absolute atomic E-state index is 10.8. The van der Waals surface area contributed by atoms with Crippen molar-refractivity contribution in [1.82, 2.24) is 10.6 Å². The topological polar surface area (TPSA) is 100.0 Å². The molecule has 0 saturated carbocycles. The van der Waals surface area contributed by atoms with Crippen LogP contribution in [0.5, 0.6) is 0 Å². The van der Waals surface area contributed by atoms with Crippen molar-refractivity contribution in [3.63, 3.8) is 0 Å². The summed E-state index contributed by atoms with van der Waals surface area (Å²) in [4.78, 5) is 32.1. The molecule has 0 aromatic heterocycles. The van der Waals surface area contributed by atoms with Gasteiger partial charge in [-0.05, 0) is 0 Å². The van der Waals surface area contributed by atoms with Crippen LogP contribution in [0.25, 0.3) is 0 Å². The van der Waals surface area contributed by atoms with Gasteiger partial charge in [0.15, 0.2) is 0 Å². The molecule has 0 unspecified atom stereocenters. The van der Waals surface area contributed by atoms with Crippen molar-refractivity contribution in [1.29, 1.82) is 0 Å². The molecule has 0 aromatic rings. The first-order valence-electron chi connectivity index (χ1n) is 2.79. The third kappa shape index (κ3) is 1.65. The number of carbonyl (C=O) groups excluding carboxylic acids is 3. The van der Waals surface area contributed by atoms with Crippen LogP contribution in [0.2, 0.25) is 0 Å². The number of urea groups is 1. The molecule has 12 heavy (non-hydrogen) atoms. The number of nitrogens with zero attached hydrogens (tertiary/aromatic N) is 2. The molecule has 0 spiro atoms. The molecule has 0 aromatic carbocycles. The third-order valence-electron chi connectivity index (χ3n) is 1.12. The first-order chi connectivity index (χ1) is 5.65. The van der Waals surface area contributed by atoms with Crippen molar-refractivity contribution < 1.29 is 30.1 Å². The van der Waals surface area contributed by atoms with Crippen LogP contribution in [0, 0.1) is 0 Å². The summed E-state index contributed by atoms with van der Waals surface area (Å²) in [6.07, 6.45) is 0. The molecule has 7 nitrogen and oxygen atoms in total. The van der Waals surface area contributed by atoms with Crippen molar-refractivity contribution in [3.8, 4) is 0 Å². The van der Waals surface area contributed by atoms with Crippen molar-refractivity contribution in [2.24, 2.45) is 9.31 Å². The Morgan fingerprint density at radius 1 is 1.17 bits per heavy atom. The fourth-order valence-electron chi connectivity index (χ4n) is 0.652. The van der Waals surface area contributed by atoms with Crippen molar-refractivity contribution in [3.05, 3.63) is 0 Å². The average Bonchev–Trinajstić information content (AvgIpc) is 1.96. The van der Waals surface area contributed by atoms with Crippen LogP contribution < -0.4 is 10.6 Å². The van der Waals surface area contributed by atoms with Gasteiger partial charge in [-0.15, -0.1) is 0 Å². The number of nitrogens with one attached hydrogen (secondary N) is 2. The zero-order valence-electron chi connectivity index (χ0n) is 5.51. The van der Waals surface area contributed by atoms with E-state index in [1.165, 1.54) is 0 Å². The second-order valence-electron chi connectivity index (χ2n) is 1.89. The van der Waals surface area contributed by atoms with E-state index in [4.69, 9.17) is 0 Å². The number of imide groups is 2. The molecule has 2 N–H and O–H groups in total. The summed E-state index contributed by atoms with van der Waals surface area (Å²) >= 11 is 3.81. The quantitative estimate of drug-likeness (QED) is 0.320. The van der Waals surface area contributed by atoms with Crippen LogP contribution in [0.3, 0.4) is 0 Å². The van der Waals surface area contributed by atoms with Crippen molar-refractivity contribution in [2.75, 3.05) is 0 Å². The standard InChI is InChI=1S/C4H3N4O3.Ni/c5-8-1-2(9)6-4(11)7-3(1)10;/h1H,(H2,6,7,9,10,11);/q-1;+1. The Morgan fingerprint density at radius 2 is 1.67 bits per heavy atom. The van der Waals surface area contributed by atoms with Gasteiger partial charge in [0.1, 0.15) is 0 Å². The number of barbiturate groups is 1.